The van der Waals surface area contributed by atoms with Crippen LogP contribution in [0.25, 0.3) is 0 Å². The van der Waals surface area contributed by atoms with Crippen molar-refractivity contribution in [1.82, 2.24) is 5.32 Å². The summed E-state index contributed by atoms with van der Waals surface area (Å²) in [4.78, 5) is 2.29. The summed E-state index contributed by atoms with van der Waals surface area (Å²) in [6.07, 6.45) is 1.01. The third-order valence-electron chi connectivity index (χ3n) is 3.65. The van der Waals surface area contributed by atoms with Crippen molar-refractivity contribution in [3.05, 3.63) is 29.6 Å². The molecule has 0 bridgehead atoms. The lowest BCUT2D eigenvalue weighted by atomic mass is 10.1. The van der Waals surface area contributed by atoms with Crippen LogP contribution in [0.3, 0.4) is 0 Å². The van der Waals surface area contributed by atoms with E-state index in [-0.39, 0.29) is 5.82 Å². The van der Waals surface area contributed by atoms with Gasteiger partial charge in [-0.2, -0.15) is 0 Å². The molecule has 1 saturated heterocycles. The first kappa shape index (κ1) is 14.3. The molecule has 2 rings (SSSR count). The number of nitrogens with one attached hydrogen (secondary N) is 1. The van der Waals surface area contributed by atoms with Gasteiger partial charge in [0, 0.05) is 24.3 Å². The van der Waals surface area contributed by atoms with Crippen molar-refractivity contribution in [1.29, 1.82) is 0 Å². The van der Waals surface area contributed by atoms with Crippen molar-refractivity contribution >= 4 is 5.69 Å². The van der Waals surface area contributed by atoms with E-state index in [1.54, 1.807) is 6.07 Å². The average molecular weight is 266 g/mol. The Kier molecular flexibility index (Phi) is 5.16. The van der Waals surface area contributed by atoms with Gasteiger partial charge >= 0.3 is 0 Å². The SMILES string of the molecule is CCNCc1c(F)cccc1N1CCOCC1CC. The van der Waals surface area contributed by atoms with E-state index in [2.05, 4.69) is 17.1 Å². The minimum Gasteiger partial charge on any atom is -0.377 e. The Labute approximate surface area is 114 Å². The lowest BCUT2D eigenvalue weighted by Crippen LogP contribution is -2.45. The van der Waals surface area contributed by atoms with Crippen LogP contribution in [0.4, 0.5) is 10.1 Å². The van der Waals surface area contributed by atoms with Gasteiger partial charge in [-0.05, 0) is 25.1 Å². The summed E-state index contributed by atoms with van der Waals surface area (Å²) in [5.74, 6) is -0.125. The molecule has 1 aromatic rings. The number of morpholine rings is 1. The van der Waals surface area contributed by atoms with Crippen molar-refractivity contribution in [2.24, 2.45) is 0 Å². The van der Waals surface area contributed by atoms with E-state index < -0.39 is 0 Å². The van der Waals surface area contributed by atoms with Crippen LogP contribution in [0.15, 0.2) is 18.2 Å². The van der Waals surface area contributed by atoms with Crippen LogP contribution < -0.4 is 10.2 Å². The Morgan fingerprint density at radius 1 is 1.42 bits per heavy atom. The summed E-state index contributed by atoms with van der Waals surface area (Å²) in [5.41, 5.74) is 1.78. The molecule has 1 heterocycles. The smallest absolute Gasteiger partial charge is 0.129 e. The number of halogens is 1. The van der Waals surface area contributed by atoms with Crippen molar-refractivity contribution < 1.29 is 9.13 Å². The Hall–Kier alpha value is -1.13. The molecule has 106 valence electrons. The highest BCUT2D eigenvalue weighted by atomic mass is 19.1. The number of ether oxygens (including phenoxy) is 1. The van der Waals surface area contributed by atoms with E-state index >= 15 is 0 Å². The molecular weight excluding hydrogens is 243 g/mol. The van der Waals surface area contributed by atoms with Crippen molar-refractivity contribution in [3.63, 3.8) is 0 Å². The molecule has 1 N–H and O–H groups in total. The molecule has 1 unspecified atom stereocenters. The third kappa shape index (κ3) is 3.25. The van der Waals surface area contributed by atoms with Gasteiger partial charge in [-0.1, -0.05) is 19.9 Å². The minimum atomic E-state index is -0.125. The molecule has 0 saturated carbocycles. The fraction of sp³-hybridized carbons (Fsp3) is 0.600. The second-order valence-corrected chi connectivity index (χ2v) is 4.85. The summed E-state index contributed by atoms with van der Waals surface area (Å²) in [6.45, 7) is 7.88. The van der Waals surface area contributed by atoms with Gasteiger partial charge in [0.2, 0.25) is 0 Å². The molecule has 19 heavy (non-hydrogen) atoms. The van der Waals surface area contributed by atoms with Gasteiger partial charge in [0.05, 0.1) is 19.3 Å². The third-order valence-corrected chi connectivity index (χ3v) is 3.65. The summed E-state index contributed by atoms with van der Waals surface area (Å²) in [6, 6.07) is 5.69. The largest absolute Gasteiger partial charge is 0.377 e. The van der Waals surface area contributed by atoms with Gasteiger partial charge in [-0.15, -0.1) is 0 Å². The molecule has 1 aromatic carbocycles. The van der Waals surface area contributed by atoms with Gasteiger partial charge in [-0.3, -0.25) is 0 Å². The molecule has 1 aliphatic rings. The predicted octanol–water partition coefficient (Wildman–Crippen LogP) is 2.55. The molecule has 0 aromatic heterocycles. The molecule has 0 amide bonds. The van der Waals surface area contributed by atoms with Crippen LogP contribution in [0.5, 0.6) is 0 Å². The fourth-order valence-corrected chi connectivity index (χ4v) is 2.55. The first-order valence-electron chi connectivity index (χ1n) is 7.10. The molecule has 3 nitrogen and oxygen atoms in total. The Balaban J connectivity index is 2.28. The number of benzene rings is 1. The lowest BCUT2D eigenvalue weighted by molar-refractivity contribution is 0.0928. The molecule has 1 fully saturated rings. The molecule has 4 heteroatoms. The first-order valence-corrected chi connectivity index (χ1v) is 7.10. The standard InChI is InChI=1S/C15H23FN2O/c1-3-12-11-19-9-8-18(12)15-7-5-6-14(16)13(15)10-17-4-2/h5-7,12,17H,3-4,8-11H2,1-2H3. The molecule has 0 radical (unpaired) electrons. The highest BCUT2D eigenvalue weighted by Gasteiger charge is 2.24. The zero-order valence-electron chi connectivity index (χ0n) is 11.8. The summed E-state index contributed by atoms with van der Waals surface area (Å²) >= 11 is 0. The fourth-order valence-electron chi connectivity index (χ4n) is 2.55. The monoisotopic (exact) mass is 266 g/mol. The number of nitrogens with zero attached hydrogens (tertiary/aromatic N) is 1. The normalized spacial score (nSPS) is 19.7. The van der Waals surface area contributed by atoms with Crippen molar-refractivity contribution in [2.75, 3.05) is 31.2 Å². The predicted molar refractivity (Wildman–Crippen MR) is 76.0 cm³/mol. The van der Waals surface area contributed by atoms with E-state index in [1.165, 1.54) is 6.07 Å². The zero-order valence-corrected chi connectivity index (χ0v) is 11.8. The van der Waals surface area contributed by atoms with Gasteiger partial charge in [0.15, 0.2) is 0 Å². The summed E-state index contributed by atoms with van der Waals surface area (Å²) in [5, 5.41) is 3.22. The quantitative estimate of drug-likeness (QED) is 0.886. The van der Waals surface area contributed by atoms with E-state index in [0.717, 1.165) is 37.4 Å². The van der Waals surface area contributed by atoms with Crippen LogP contribution in [0.2, 0.25) is 0 Å². The van der Waals surface area contributed by atoms with Crippen LogP contribution in [0.1, 0.15) is 25.8 Å². The molecule has 0 aliphatic carbocycles. The molecule has 1 aliphatic heterocycles. The number of hydrogen-bond donors (Lipinski definition) is 1. The maximum atomic E-state index is 14.1. The van der Waals surface area contributed by atoms with E-state index in [9.17, 15) is 4.39 Å². The number of anilines is 1. The van der Waals surface area contributed by atoms with Crippen LogP contribution in [0, 0.1) is 5.82 Å². The second kappa shape index (κ2) is 6.87. The maximum Gasteiger partial charge on any atom is 0.129 e. The average Bonchev–Trinajstić information content (AvgIpc) is 2.46. The minimum absolute atomic E-state index is 0.125. The summed E-state index contributed by atoms with van der Waals surface area (Å²) < 4.78 is 19.6. The van der Waals surface area contributed by atoms with E-state index in [0.29, 0.717) is 19.2 Å². The van der Waals surface area contributed by atoms with Crippen LogP contribution >= 0.6 is 0 Å². The van der Waals surface area contributed by atoms with Gasteiger partial charge in [-0.25, -0.2) is 4.39 Å². The molecular formula is C15H23FN2O. The Morgan fingerprint density at radius 2 is 2.26 bits per heavy atom. The molecule has 0 spiro atoms. The second-order valence-electron chi connectivity index (χ2n) is 4.85. The van der Waals surface area contributed by atoms with Gasteiger partial charge < -0.3 is 15.0 Å². The van der Waals surface area contributed by atoms with Gasteiger partial charge in [0.25, 0.3) is 0 Å². The topological polar surface area (TPSA) is 24.5 Å². The van der Waals surface area contributed by atoms with Crippen LogP contribution in [-0.2, 0) is 11.3 Å². The number of rotatable bonds is 5. The lowest BCUT2D eigenvalue weighted by Gasteiger charge is -2.38. The van der Waals surface area contributed by atoms with Crippen molar-refractivity contribution in [3.8, 4) is 0 Å². The zero-order chi connectivity index (χ0) is 13.7. The van der Waals surface area contributed by atoms with Crippen LogP contribution in [-0.4, -0.2) is 32.3 Å². The Bertz CT molecular complexity index is 411. The maximum absolute atomic E-state index is 14.1. The van der Waals surface area contributed by atoms with Crippen molar-refractivity contribution in [2.45, 2.75) is 32.9 Å². The molecule has 1 atom stereocenters. The Morgan fingerprint density at radius 3 is 3.00 bits per heavy atom. The highest BCUT2D eigenvalue weighted by molar-refractivity contribution is 5.55. The van der Waals surface area contributed by atoms with E-state index in [4.69, 9.17) is 4.74 Å². The van der Waals surface area contributed by atoms with Gasteiger partial charge in [0.1, 0.15) is 5.82 Å². The summed E-state index contributed by atoms with van der Waals surface area (Å²) in [7, 11) is 0. The first-order chi connectivity index (χ1) is 9.27. The number of hydrogen-bond acceptors (Lipinski definition) is 3. The van der Waals surface area contributed by atoms with E-state index in [1.807, 2.05) is 13.0 Å². The highest BCUT2D eigenvalue weighted by Crippen LogP contribution is 2.27.